The number of fused-ring (bicyclic) bond motifs is 8. The molecule has 45 heavy (non-hydrogen) atoms. The average Bonchev–Trinajstić information content (AvgIpc) is 3.34. The number of hydrogen-bond acceptors (Lipinski definition) is 0. The Balaban J connectivity index is 1.49. The van der Waals surface area contributed by atoms with E-state index >= 15 is 0 Å². The van der Waals surface area contributed by atoms with Crippen LogP contribution < -0.4 is 0 Å². The van der Waals surface area contributed by atoms with Crippen molar-refractivity contribution in [1.29, 1.82) is 0 Å². The summed E-state index contributed by atoms with van der Waals surface area (Å²) in [6, 6.07) is 58.1. The number of rotatable bonds is 3. The summed E-state index contributed by atoms with van der Waals surface area (Å²) in [5, 5.41) is 7.89. The molecule has 0 nitrogen and oxygen atoms in total. The van der Waals surface area contributed by atoms with E-state index in [2.05, 4.69) is 172 Å². The van der Waals surface area contributed by atoms with Gasteiger partial charge in [-0.3, -0.25) is 0 Å². The van der Waals surface area contributed by atoms with Crippen LogP contribution in [0.15, 0.2) is 158 Å². The van der Waals surface area contributed by atoms with Gasteiger partial charge in [0.1, 0.15) is 0 Å². The van der Waals surface area contributed by atoms with Crippen LogP contribution in [0.25, 0.3) is 76.8 Å². The standard InChI is InChI=1S/C45H32/c1-45(2)39-28-38(29-16-6-3-7-17-29)32-22-12-13-23-33(32)42(39)37-27-26-36-40(30-18-8-4-9-19-30)34-24-14-15-25-35(34)41(43(36)44(37)45)31-20-10-5-11-21-31/h3-28H,1-2H3. The van der Waals surface area contributed by atoms with E-state index in [0.717, 1.165) is 0 Å². The van der Waals surface area contributed by atoms with Crippen LogP contribution in [0, 0.1) is 0 Å². The van der Waals surface area contributed by atoms with Crippen molar-refractivity contribution in [3.05, 3.63) is 169 Å². The first-order valence-corrected chi connectivity index (χ1v) is 15.9. The highest BCUT2D eigenvalue weighted by Gasteiger charge is 2.40. The molecule has 212 valence electrons. The third kappa shape index (κ3) is 3.72. The predicted molar refractivity (Wildman–Crippen MR) is 193 cm³/mol. The molecule has 0 aliphatic heterocycles. The number of benzene rings is 8. The minimum absolute atomic E-state index is 0.225. The smallest absolute Gasteiger partial charge is 0.0165 e. The third-order valence-corrected chi connectivity index (χ3v) is 10.0. The molecule has 0 radical (unpaired) electrons. The van der Waals surface area contributed by atoms with Crippen molar-refractivity contribution in [1.82, 2.24) is 0 Å². The highest BCUT2D eigenvalue weighted by molar-refractivity contribution is 6.24. The highest BCUT2D eigenvalue weighted by Crippen LogP contribution is 2.58. The fraction of sp³-hybridized carbons (Fsp3) is 0.0667. The van der Waals surface area contributed by atoms with Crippen molar-refractivity contribution in [3.8, 4) is 44.5 Å². The monoisotopic (exact) mass is 572 g/mol. The van der Waals surface area contributed by atoms with Gasteiger partial charge in [-0.25, -0.2) is 0 Å². The van der Waals surface area contributed by atoms with Crippen molar-refractivity contribution < 1.29 is 0 Å². The lowest BCUT2D eigenvalue weighted by molar-refractivity contribution is 0.667. The maximum Gasteiger partial charge on any atom is 0.0165 e. The van der Waals surface area contributed by atoms with E-state index in [0.29, 0.717) is 0 Å². The first-order valence-electron chi connectivity index (χ1n) is 15.9. The normalized spacial score (nSPS) is 13.3. The summed E-state index contributed by atoms with van der Waals surface area (Å²) in [7, 11) is 0. The van der Waals surface area contributed by atoms with Crippen molar-refractivity contribution in [3.63, 3.8) is 0 Å². The zero-order valence-corrected chi connectivity index (χ0v) is 25.5. The van der Waals surface area contributed by atoms with Gasteiger partial charge in [-0.05, 0) is 94.0 Å². The Morgan fingerprint density at radius 1 is 0.356 bits per heavy atom. The summed E-state index contributed by atoms with van der Waals surface area (Å²) in [6.45, 7) is 4.87. The molecule has 8 aromatic carbocycles. The first-order chi connectivity index (χ1) is 22.1. The van der Waals surface area contributed by atoms with Crippen LogP contribution in [0.2, 0.25) is 0 Å². The van der Waals surface area contributed by atoms with E-state index in [9.17, 15) is 0 Å². The lowest BCUT2D eigenvalue weighted by Gasteiger charge is -2.27. The van der Waals surface area contributed by atoms with E-state index in [4.69, 9.17) is 0 Å². The van der Waals surface area contributed by atoms with Gasteiger partial charge in [0.2, 0.25) is 0 Å². The molecule has 1 aliphatic carbocycles. The second-order valence-corrected chi connectivity index (χ2v) is 12.8. The maximum absolute atomic E-state index is 2.49. The predicted octanol–water partition coefficient (Wildman–Crippen LogP) is 12.5. The van der Waals surface area contributed by atoms with Gasteiger partial charge in [0.25, 0.3) is 0 Å². The van der Waals surface area contributed by atoms with Crippen LogP contribution in [0.4, 0.5) is 0 Å². The van der Waals surface area contributed by atoms with Crippen molar-refractivity contribution in [2.24, 2.45) is 0 Å². The molecule has 0 fully saturated rings. The molecule has 0 heterocycles. The van der Waals surface area contributed by atoms with Gasteiger partial charge in [0.15, 0.2) is 0 Å². The van der Waals surface area contributed by atoms with Gasteiger partial charge in [0, 0.05) is 5.41 Å². The van der Waals surface area contributed by atoms with Crippen LogP contribution in [-0.4, -0.2) is 0 Å². The molecule has 0 saturated heterocycles. The Morgan fingerprint density at radius 2 is 0.822 bits per heavy atom. The summed E-state index contributed by atoms with van der Waals surface area (Å²) < 4.78 is 0. The molecule has 0 amide bonds. The molecular formula is C45H32. The zero-order valence-electron chi connectivity index (χ0n) is 25.5. The SMILES string of the molecule is CC1(C)c2cc(-c3ccccc3)c3ccccc3c2-c2ccc3c(-c4ccccc4)c4ccccc4c(-c4ccccc4)c3c21. The van der Waals surface area contributed by atoms with E-state index in [1.54, 1.807) is 0 Å². The summed E-state index contributed by atoms with van der Waals surface area (Å²) >= 11 is 0. The lowest BCUT2D eigenvalue weighted by Crippen LogP contribution is -2.16. The number of hydrogen-bond donors (Lipinski definition) is 0. The molecule has 0 saturated carbocycles. The summed E-state index contributed by atoms with van der Waals surface area (Å²) in [4.78, 5) is 0. The van der Waals surface area contributed by atoms with Crippen molar-refractivity contribution in [2.75, 3.05) is 0 Å². The summed E-state index contributed by atoms with van der Waals surface area (Å²) in [5.74, 6) is 0. The van der Waals surface area contributed by atoms with Gasteiger partial charge in [0.05, 0.1) is 0 Å². The van der Waals surface area contributed by atoms with E-state index < -0.39 is 0 Å². The largest absolute Gasteiger partial charge is 0.0622 e. The van der Waals surface area contributed by atoms with Gasteiger partial charge in [-0.2, -0.15) is 0 Å². The van der Waals surface area contributed by atoms with Crippen molar-refractivity contribution >= 4 is 32.3 Å². The molecule has 1 aliphatic rings. The summed E-state index contributed by atoms with van der Waals surface area (Å²) in [5.41, 5.74) is 13.0. The van der Waals surface area contributed by atoms with Crippen LogP contribution in [0.1, 0.15) is 25.0 Å². The van der Waals surface area contributed by atoms with Gasteiger partial charge >= 0.3 is 0 Å². The van der Waals surface area contributed by atoms with E-state index in [1.807, 2.05) is 0 Å². The molecule has 0 N–H and O–H groups in total. The third-order valence-electron chi connectivity index (χ3n) is 10.0. The van der Waals surface area contributed by atoms with Gasteiger partial charge in [-0.1, -0.05) is 166 Å². The maximum atomic E-state index is 2.49. The Morgan fingerprint density at radius 3 is 1.42 bits per heavy atom. The molecule has 0 atom stereocenters. The van der Waals surface area contributed by atoms with Gasteiger partial charge in [-0.15, -0.1) is 0 Å². The second-order valence-electron chi connectivity index (χ2n) is 12.8. The van der Waals surface area contributed by atoms with E-state index in [-0.39, 0.29) is 5.41 Å². The molecule has 0 spiro atoms. The van der Waals surface area contributed by atoms with Gasteiger partial charge < -0.3 is 0 Å². The molecule has 0 heteroatoms. The van der Waals surface area contributed by atoms with Crippen LogP contribution in [0.5, 0.6) is 0 Å². The fourth-order valence-corrected chi connectivity index (χ4v) is 8.10. The molecule has 8 aromatic rings. The minimum Gasteiger partial charge on any atom is -0.0622 e. The second kappa shape index (κ2) is 9.78. The molecule has 0 bridgehead atoms. The molecule has 9 rings (SSSR count). The lowest BCUT2D eigenvalue weighted by atomic mass is 9.76. The van der Waals surface area contributed by atoms with Crippen LogP contribution >= 0.6 is 0 Å². The van der Waals surface area contributed by atoms with Crippen LogP contribution in [0.3, 0.4) is 0 Å². The Labute approximate surface area is 264 Å². The summed E-state index contributed by atoms with van der Waals surface area (Å²) in [6.07, 6.45) is 0. The molecule has 0 aromatic heterocycles. The topological polar surface area (TPSA) is 0 Å². The Hall–Kier alpha value is -5.46. The minimum atomic E-state index is -0.225. The fourth-order valence-electron chi connectivity index (χ4n) is 8.10. The van der Waals surface area contributed by atoms with Crippen molar-refractivity contribution in [2.45, 2.75) is 19.3 Å². The Bertz CT molecular complexity index is 2410. The Kier molecular flexibility index (Phi) is 5.64. The first kappa shape index (κ1) is 26.0. The highest BCUT2D eigenvalue weighted by atomic mass is 14.4. The quantitative estimate of drug-likeness (QED) is 0.185. The molecule has 0 unspecified atom stereocenters. The average molecular weight is 573 g/mol. The zero-order chi connectivity index (χ0) is 30.1. The van der Waals surface area contributed by atoms with E-state index in [1.165, 1.54) is 88.0 Å². The van der Waals surface area contributed by atoms with Crippen LogP contribution in [-0.2, 0) is 5.41 Å². The molecular weight excluding hydrogens is 540 g/mol.